The molecule has 0 radical (unpaired) electrons. The van der Waals surface area contributed by atoms with Gasteiger partial charge in [0.15, 0.2) is 0 Å². The van der Waals surface area contributed by atoms with Crippen LogP contribution < -0.4 is 15.2 Å². The van der Waals surface area contributed by atoms with E-state index in [9.17, 15) is 0 Å². The molecule has 1 aliphatic rings. The quantitative estimate of drug-likeness (QED) is 0.915. The second kappa shape index (κ2) is 6.49. The van der Waals surface area contributed by atoms with Crippen molar-refractivity contribution >= 4 is 0 Å². The second-order valence-electron chi connectivity index (χ2n) is 6.20. The van der Waals surface area contributed by atoms with Gasteiger partial charge in [-0.25, -0.2) is 0 Å². The summed E-state index contributed by atoms with van der Waals surface area (Å²) in [4.78, 5) is 0. The van der Waals surface area contributed by atoms with Crippen molar-refractivity contribution in [2.24, 2.45) is 17.6 Å². The van der Waals surface area contributed by atoms with Crippen LogP contribution in [-0.2, 0) is 0 Å². The van der Waals surface area contributed by atoms with Crippen molar-refractivity contribution in [3.05, 3.63) is 23.8 Å². The van der Waals surface area contributed by atoms with E-state index in [1.54, 1.807) is 14.2 Å². The lowest BCUT2D eigenvalue weighted by atomic mass is 9.71. The zero-order chi connectivity index (χ0) is 14.7. The molecule has 0 bridgehead atoms. The van der Waals surface area contributed by atoms with Crippen LogP contribution in [0, 0.1) is 11.8 Å². The largest absolute Gasteiger partial charge is 0.497 e. The van der Waals surface area contributed by atoms with Crippen LogP contribution in [0.15, 0.2) is 18.2 Å². The Kier molecular flexibility index (Phi) is 4.92. The minimum absolute atomic E-state index is 0.214. The van der Waals surface area contributed by atoms with Gasteiger partial charge in [-0.2, -0.15) is 0 Å². The number of hydrogen-bond donors (Lipinski definition) is 1. The van der Waals surface area contributed by atoms with Crippen molar-refractivity contribution in [2.45, 2.75) is 45.1 Å². The van der Waals surface area contributed by atoms with Crippen LogP contribution in [0.5, 0.6) is 11.5 Å². The average molecular weight is 277 g/mol. The summed E-state index contributed by atoms with van der Waals surface area (Å²) < 4.78 is 10.9. The minimum Gasteiger partial charge on any atom is -0.497 e. The third kappa shape index (κ3) is 3.09. The maximum atomic E-state index is 6.39. The molecule has 1 aromatic rings. The fraction of sp³-hybridized carbons (Fsp3) is 0.647. The highest BCUT2D eigenvalue weighted by Crippen LogP contribution is 2.42. The highest BCUT2D eigenvalue weighted by atomic mass is 16.5. The van der Waals surface area contributed by atoms with Crippen molar-refractivity contribution in [3.8, 4) is 11.5 Å². The van der Waals surface area contributed by atoms with Crippen LogP contribution >= 0.6 is 0 Å². The standard InChI is InChI=1S/C17H27NO2/c1-11(2)12-5-7-16(18)14(9-12)15-10-13(19-3)6-8-17(15)20-4/h6,8,10-12,14,16H,5,7,9,18H2,1-4H3. The molecule has 2 N–H and O–H groups in total. The molecule has 0 amide bonds. The number of rotatable bonds is 4. The molecule has 1 aliphatic carbocycles. The van der Waals surface area contributed by atoms with Gasteiger partial charge < -0.3 is 15.2 Å². The smallest absolute Gasteiger partial charge is 0.122 e. The van der Waals surface area contributed by atoms with Gasteiger partial charge in [-0.1, -0.05) is 13.8 Å². The first-order chi connectivity index (χ1) is 9.56. The lowest BCUT2D eigenvalue weighted by molar-refractivity contribution is 0.229. The van der Waals surface area contributed by atoms with Gasteiger partial charge in [0, 0.05) is 17.5 Å². The predicted octanol–water partition coefficient (Wildman–Crippen LogP) is 3.57. The zero-order valence-electron chi connectivity index (χ0n) is 13.1. The summed E-state index contributed by atoms with van der Waals surface area (Å²) >= 11 is 0. The molecule has 0 saturated heterocycles. The van der Waals surface area contributed by atoms with E-state index in [2.05, 4.69) is 19.9 Å². The van der Waals surface area contributed by atoms with Crippen molar-refractivity contribution in [1.29, 1.82) is 0 Å². The summed E-state index contributed by atoms with van der Waals surface area (Å²) in [6, 6.07) is 6.23. The van der Waals surface area contributed by atoms with Gasteiger partial charge in [-0.15, -0.1) is 0 Å². The third-order valence-corrected chi connectivity index (χ3v) is 4.72. The Morgan fingerprint density at radius 3 is 2.50 bits per heavy atom. The SMILES string of the molecule is COc1ccc(OC)c(C2CC(C(C)C)CCC2N)c1. The fourth-order valence-electron chi connectivity index (χ4n) is 3.32. The Morgan fingerprint density at radius 2 is 1.90 bits per heavy atom. The molecule has 20 heavy (non-hydrogen) atoms. The third-order valence-electron chi connectivity index (χ3n) is 4.72. The maximum Gasteiger partial charge on any atom is 0.122 e. The van der Waals surface area contributed by atoms with Gasteiger partial charge in [0.05, 0.1) is 14.2 Å². The van der Waals surface area contributed by atoms with E-state index in [0.29, 0.717) is 11.8 Å². The topological polar surface area (TPSA) is 44.5 Å². The highest BCUT2D eigenvalue weighted by molar-refractivity contribution is 5.43. The molecule has 0 spiro atoms. The molecular formula is C17H27NO2. The minimum atomic E-state index is 0.214. The molecule has 3 heteroatoms. The van der Waals surface area contributed by atoms with E-state index in [4.69, 9.17) is 15.2 Å². The molecule has 3 nitrogen and oxygen atoms in total. The molecule has 3 unspecified atom stereocenters. The fourth-order valence-corrected chi connectivity index (χ4v) is 3.32. The number of benzene rings is 1. The summed E-state index contributed by atoms with van der Waals surface area (Å²) in [5.74, 6) is 3.62. The van der Waals surface area contributed by atoms with Crippen LogP contribution in [-0.4, -0.2) is 20.3 Å². The monoisotopic (exact) mass is 277 g/mol. The van der Waals surface area contributed by atoms with Crippen LogP contribution in [0.2, 0.25) is 0 Å². The van der Waals surface area contributed by atoms with Crippen LogP contribution in [0.4, 0.5) is 0 Å². The summed E-state index contributed by atoms with van der Waals surface area (Å²) in [5.41, 5.74) is 7.59. The predicted molar refractivity (Wildman–Crippen MR) is 82.4 cm³/mol. The molecule has 1 saturated carbocycles. The first-order valence-electron chi connectivity index (χ1n) is 7.54. The average Bonchev–Trinajstić information content (AvgIpc) is 2.46. The highest BCUT2D eigenvalue weighted by Gasteiger charge is 2.32. The molecule has 2 rings (SSSR count). The number of hydrogen-bond acceptors (Lipinski definition) is 3. The molecule has 3 atom stereocenters. The van der Waals surface area contributed by atoms with Crippen LogP contribution in [0.1, 0.15) is 44.6 Å². The van der Waals surface area contributed by atoms with Gasteiger partial charge in [-0.05, 0) is 49.3 Å². The number of nitrogens with two attached hydrogens (primary N) is 1. The van der Waals surface area contributed by atoms with Gasteiger partial charge in [0.1, 0.15) is 11.5 Å². The van der Waals surface area contributed by atoms with Crippen molar-refractivity contribution in [3.63, 3.8) is 0 Å². The van der Waals surface area contributed by atoms with Gasteiger partial charge >= 0.3 is 0 Å². The molecule has 0 aliphatic heterocycles. The molecule has 0 heterocycles. The number of ether oxygens (including phenoxy) is 2. The van der Waals surface area contributed by atoms with E-state index < -0.39 is 0 Å². The van der Waals surface area contributed by atoms with Gasteiger partial charge in [0.2, 0.25) is 0 Å². The Morgan fingerprint density at radius 1 is 1.15 bits per heavy atom. The van der Waals surface area contributed by atoms with E-state index in [-0.39, 0.29) is 6.04 Å². The van der Waals surface area contributed by atoms with E-state index in [0.717, 1.165) is 30.3 Å². The number of methoxy groups -OCH3 is 2. The summed E-state index contributed by atoms with van der Waals surface area (Å²) in [6.45, 7) is 4.61. The zero-order valence-corrected chi connectivity index (χ0v) is 13.1. The lowest BCUT2D eigenvalue weighted by Crippen LogP contribution is -2.36. The summed E-state index contributed by atoms with van der Waals surface area (Å²) in [5, 5.41) is 0. The van der Waals surface area contributed by atoms with E-state index in [1.165, 1.54) is 12.0 Å². The van der Waals surface area contributed by atoms with Gasteiger partial charge in [0.25, 0.3) is 0 Å². The molecule has 1 aromatic carbocycles. The van der Waals surface area contributed by atoms with Gasteiger partial charge in [-0.3, -0.25) is 0 Å². The van der Waals surface area contributed by atoms with Crippen LogP contribution in [0.3, 0.4) is 0 Å². The first kappa shape index (κ1) is 15.2. The normalized spacial score (nSPS) is 26.6. The molecular weight excluding hydrogens is 250 g/mol. The maximum absolute atomic E-state index is 6.39. The molecule has 1 fully saturated rings. The Labute approximate surface area is 122 Å². The Hall–Kier alpha value is -1.22. The van der Waals surface area contributed by atoms with Crippen molar-refractivity contribution < 1.29 is 9.47 Å². The summed E-state index contributed by atoms with van der Waals surface area (Å²) in [7, 11) is 3.42. The molecule has 0 aromatic heterocycles. The van der Waals surface area contributed by atoms with Crippen molar-refractivity contribution in [2.75, 3.05) is 14.2 Å². The second-order valence-corrected chi connectivity index (χ2v) is 6.20. The van der Waals surface area contributed by atoms with E-state index >= 15 is 0 Å². The van der Waals surface area contributed by atoms with E-state index in [1.807, 2.05) is 12.1 Å². The summed E-state index contributed by atoms with van der Waals surface area (Å²) in [6.07, 6.45) is 3.47. The van der Waals surface area contributed by atoms with Crippen LogP contribution in [0.25, 0.3) is 0 Å². The lowest BCUT2D eigenvalue weighted by Gasteiger charge is -2.37. The Bertz CT molecular complexity index is 445. The Balaban J connectivity index is 2.31. The molecule has 112 valence electrons. The first-order valence-corrected chi connectivity index (χ1v) is 7.54. The van der Waals surface area contributed by atoms with Crippen molar-refractivity contribution in [1.82, 2.24) is 0 Å².